The van der Waals surface area contributed by atoms with Crippen LogP contribution in [0.2, 0.25) is 0 Å². The highest BCUT2D eigenvalue weighted by molar-refractivity contribution is 9.10. The summed E-state index contributed by atoms with van der Waals surface area (Å²) in [6, 6.07) is 6.25. The van der Waals surface area contributed by atoms with Crippen LogP contribution in [-0.2, 0) is 0 Å². The number of fused-ring (bicyclic) bond motifs is 3. The average molecular weight is 332 g/mol. The van der Waals surface area contributed by atoms with E-state index in [9.17, 15) is 4.79 Å². The molecule has 2 N–H and O–H groups in total. The predicted molar refractivity (Wildman–Crippen MR) is 85.4 cm³/mol. The van der Waals surface area contributed by atoms with Crippen molar-refractivity contribution in [2.24, 2.45) is 0 Å². The standard InChI is InChI=1S/C15H14BrN3O/c1-8(2)18-13-9(7-20)6-17-14-11-4-3-10(16)5-12(11)19-15(13)14/h3-8,19H,1-2H3,(H,17,18). The van der Waals surface area contributed by atoms with E-state index in [1.54, 1.807) is 6.20 Å². The van der Waals surface area contributed by atoms with E-state index in [0.717, 1.165) is 38.4 Å². The summed E-state index contributed by atoms with van der Waals surface area (Å²) in [6.07, 6.45) is 2.45. The van der Waals surface area contributed by atoms with E-state index in [-0.39, 0.29) is 6.04 Å². The number of benzene rings is 1. The Morgan fingerprint density at radius 1 is 1.40 bits per heavy atom. The number of hydrogen-bond donors (Lipinski definition) is 2. The van der Waals surface area contributed by atoms with Gasteiger partial charge in [-0.3, -0.25) is 9.78 Å². The second-order valence-electron chi connectivity index (χ2n) is 5.04. The summed E-state index contributed by atoms with van der Waals surface area (Å²) < 4.78 is 1.01. The van der Waals surface area contributed by atoms with E-state index in [1.165, 1.54) is 0 Å². The molecule has 0 bridgehead atoms. The molecule has 0 saturated heterocycles. The summed E-state index contributed by atoms with van der Waals surface area (Å²) in [5, 5.41) is 4.38. The van der Waals surface area contributed by atoms with Crippen molar-refractivity contribution in [3.63, 3.8) is 0 Å². The summed E-state index contributed by atoms with van der Waals surface area (Å²) in [5.41, 5.74) is 4.12. The minimum Gasteiger partial charge on any atom is -0.380 e. The maximum atomic E-state index is 11.2. The lowest BCUT2D eigenvalue weighted by molar-refractivity contribution is 0.112. The van der Waals surface area contributed by atoms with Gasteiger partial charge in [0.15, 0.2) is 6.29 Å². The van der Waals surface area contributed by atoms with Crippen LogP contribution < -0.4 is 5.32 Å². The quantitative estimate of drug-likeness (QED) is 0.710. The van der Waals surface area contributed by atoms with Crippen LogP contribution in [-0.4, -0.2) is 22.3 Å². The van der Waals surface area contributed by atoms with E-state index < -0.39 is 0 Å². The zero-order chi connectivity index (χ0) is 14.3. The molecular weight excluding hydrogens is 318 g/mol. The number of pyridine rings is 1. The van der Waals surface area contributed by atoms with Gasteiger partial charge in [-0.25, -0.2) is 0 Å². The van der Waals surface area contributed by atoms with Gasteiger partial charge in [0.2, 0.25) is 0 Å². The first kappa shape index (κ1) is 13.1. The highest BCUT2D eigenvalue weighted by Crippen LogP contribution is 2.32. The lowest BCUT2D eigenvalue weighted by Gasteiger charge is -2.12. The van der Waals surface area contributed by atoms with Crippen LogP contribution in [0.1, 0.15) is 24.2 Å². The van der Waals surface area contributed by atoms with Crippen molar-refractivity contribution >= 4 is 49.8 Å². The highest BCUT2D eigenvalue weighted by Gasteiger charge is 2.14. The molecular formula is C15H14BrN3O. The first-order valence-electron chi connectivity index (χ1n) is 6.42. The zero-order valence-electron chi connectivity index (χ0n) is 11.2. The highest BCUT2D eigenvalue weighted by atomic mass is 79.9. The smallest absolute Gasteiger partial charge is 0.153 e. The van der Waals surface area contributed by atoms with Gasteiger partial charge in [-0.15, -0.1) is 0 Å². The number of anilines is 1. The minimum atomic E-state index is 0.234. The van der Waals surface area contributed by atoms with E-state index in [2.05, 4.69) is 31.2 Å². The average Bonchev–Trinajstić information content (AvgIpc) is 2.76. The molecule has 0 radical (unpaired) electrons. The number of nitrogens with one attached hydrogen (secondary N) is 2. The third kappa shape index (κ3) is 2.08. The number of H-pyrrole nitrogens is 1. The Bertz CT molecular complexity index is 808. The normalized spacial score (nSPS) is 11.4. The first-order valence-corrected chi connectivity index (χ1v) is 7.21. The second-order valence-corrected chi connectivity index (χ2v) is 5.96. The number of aldehydes is 1. The third-order valence-electron chi connectivity index (χ3n) is 3.16. The van der Waals surface area contributed by atoms with Crippen molar-refractivity contribution in [2.75, 3.05) is 5.32 Å². The Balaban J connectivity index is 2.37. The van der Waals surface area contributed by atoms with Gasteiger partial charge in [-0.1, -0.05) is 15.9 Å². The van der Waals surface area contributed by atoms with Gasteiger partial charge >= 0.3 is 0 Å². The monoisotopic (exact) mass is 331 g/mol. The molecule has 3 rings (SSSR count). The van der Waals surface area contributed by atoms with E-state index in [0.29, 0.717) is 5.56 Å². The van der Waals surface area contributed by atoms with Crippen LogP contribution in [0.3, 0.4) is 0 Å². The molecule has 0 aliphatic rings. The third-order valence-corrected chi connectivity index (χ3v) is 3.66. The van der Waals surface area contributed by atoms with E-state index in [4.69, 9.17) is 0 Å². The van der Waals surface area contributed by atoms with Gasteiger partial charge in [0.25, 0.3) is 0 Å². The molecule has 2 heterocycles. The molecule has 5 heteroatoms. The predicted octanol–water partition coefficient (Wildman–Crippen LogP) is 4.11. The van der Waals surface area contributed by atoms with Crippen molar-refractivity contribution in [3.05, 3.63) is 34.4 Å². The fraction of sp³-hybridized carbons (Fsp3) is 0.200. The summed E-state index contributed by atoms with van der Waals surface area (Å²) in [6.45, 7) is 4.08. The molecule has 0 aliphatic heterocycles. The van der Waals surface area contributed by atoms with Crippen LogP contribution in [0, 0.1) is 0 Å². The number of nitrogens with zero attached hydrogens (tertiary/aromatic N) is 1. The van der Waals surface area contributed by atoms with Gasteiger partial charge in [-0.05, 0) is 32.0 Å². The Hall–Kier alpha value is -1.88. The molecule has 0 saturated carbocycles. The maximum absolute atomic E-state index is 11.2. The van der Waals surface area contributed by atoms with Gasteiger partial charge in [0.1, 0.15) is 0 Å². The lowest BCUT2D eigenvalue weighted by atomic mass is 10.1. The summed E-state index contributed by atoms with van der Waals surface area (Å²) >= 11 is 3.46. The lowest BCUT2D eigenvalue weighted by Crippen LogP contribution is -2.12. The minimum absolute atomic E-state index is 0.234. The molecule has 102 valence electrons. The van der Waals surface area contributed by atoms with Crippen molar-refractivity contribution in [1.82, 2.24) is 9.97 Å². The number of carbonyl (C=O) groups is 1. The van der Waals surface area contributed by atoms with Crippen molar-refractivity contribution in [2.45, 2.75) is 19.9 Å². The summed E-state index contributed by atoms with van der Waals surface area (Å²) in [7, 11) is 0. The largest absolute Gasteiger partial charge is 0.380 e. The van der Waals surface area contributed by atoms with E-state index in [1.807, 2.05) is 32.0 Å². The SMILES string of the molecule is CC(C)Nc1c(C=O)cnc2c1[nH]c1cc(Br)ccc12. The topological polar surface area (TPSA) is 57.8 Å². The van der Waals surface area contributed by atoms with E-state index >= 15 is 0 Å². The van der Waals surface area contributed by atoms with Gasteiger partial charge in [0.05, 0.1) is 22.3 Å². The molecule has 1 aromatic carbocycles. The molecule has 3 aromatic rings. The fourth-order valence-corrected chi connectivity index (χ4v) is 2.71. The van der Waals surface area contributed by atoms with Crippen LogP contribution in [0.5, 0.6) is 0 Å². The molecule has 0 unspecified atom stereocenters. The molecule has 0 fully saturated rings. The van der Waals surface area contributed by atoms with Crippen LogP contribution in [0.25, 0.3) is 21.9 Å². The molecule has 0 atom stereocenters. The summed E-state index contributed by atoms with van der Waals surface area (Å²) in [5.74, 6) is 0. The number of halogens is 1. The van der Waals surface area contributed by atoms with Crippen molar-refractivity contribution in [1.29, 1.82) is 0 Å². The Kier molecular flexibility index (Phi) is 3.22. The number of hydrogen-bond acceptors (Lipinski definition) is 3. The molecule has 0 amide bonds. The van der Waals surface area contributed by atoms with Crippen LogP contribution in [0.4, 0.5) is 5.69 Å². The molecule has 2 aromatic heterocycles. The van der Waals surface area contributed by atoms with Gasteiger partial charge in [0, 0.05) is 27.6 Å². The van der Waals surface area contributed by atoms with Gasteiger partial charge in [-0.2, -0.15) is 0 Å². The number of aromatic amines is 1. The molecule has 0 aliphatic carbocycles. The number of aromatic nitrogens is 2. The molecule has 0 spiro atoms. The van der Waals surface area contributed by atoms with Gasteiger partial charge < -0.3 is 10.3 Å². The first-order chi connectivity index (χ1) is 9.60. The number of carbonyl (C=O) groups excluding carboxylic acids is 1. The zero-order valence-corrected chi connectivity index (χ0v) is 12.8. The molecule has 4 nitrogen and oxygen atoms in total. The second kappa shape index (κ2) is 4.90. The van der Waals surface area contributed by atoms with Crippen LogP contribution >= 0.6 is 15.9 Å². The van der Waals surface area contributed by atoms with Crippen molar-refractivity contribution < 1.29 is 4.79 Å². The Morgan fingerprint density at radius 2 is 2.20 bits per heavy atom. The fourth-order valence-electron chi connectivity index (χ4n) is 2.35. The number of rotatable bonds is 3. The summed E-state index contributed by atoms with van der Waals surface area (Å²) in [4.78, 5) is 19.0. The van der Waals surface area contributed by atoms with Crippen molar-refractivity contribution in [3.8, 4) is 0 Å². The Morgan fingerprint density at radius 3 is 2.90 bits per heavy atom. The Labute approximate surface area is 124 Å². The molecule has 20 heavy (non-hydrogen) atoms. The van der Waals surface area contributed by atoms with Crippen LogP contribution in [0.15, 0.2) is 28.9 Å². The maximum Gasteiger partial charge on any atom is 0.153 e.